The van der Waals surface area contributed by atoms with Gasteiger partial charge in [0.1, 0.15) is 0 Å². The maximum Gasteiger partial charge on any atom is 0.306 e. The minimum Gasteiger partial charge on any atom is -0.466 e. The minimum absolute atomic E-state index is 0.216. The highest BCUT2D eigenvalue weighted by Gasteiger charge is 2.05. The molecule has 5 heteroatoms. The van der Waals surface area contributed by atoms with Gasteiger partial charge in [-0.25, -0.2) is 4.98 Å². The standard InChI is InChI=1S/C12H15N3O2/c1-3-17-12(16)5-4-11-8-15(9-14-11)10(2)6-7-13/h6,8-9H,3-5H2,1-2H3/b10-6+. The largest absolute Gasteiger partial charge is 0.466 e. The number of carbonyl (C=O) groups excluding carboxylic acids is 1. The fourth-order valence-corrected chi connectivity index (χ4v) is 1.32. The Balaban J connectivity index is 2.55. The first kappa shape index (κ1) is 13.0. The van der Waals surface area contributed by atoms with Gasteiger partial charge in [0.05, 0.1) is 31.1 Å². The normalized spacial score (nSPS) is 11.0. The summed E-state index contributed by atoms with van der Waals surface area (Å²) in [5.41, 5.74) is 1.60. The van der Waals surface area contributed by atoms with Gasteiger partial charge in [0.2, 0.25) is 0 Å². The summed E-state index contributed by atoms with van der Waals surface area (Å²) in [6.07, 6.45) is 5.75. The second-order valence-corrected chi connectivity index (χ2v) is 3.49. The van der Waals surface area contributed by atoms with Gasteiger partial charge < -0.3 is 9.30 Å². The lowest BCUT2D eigenvalue weighted by molar-refractivity contribution is -0.143. The van der Waals surface area contributed by atoms with Crippen molar-refractivity contribution < 1.29 is 9.53 Å². The molecule has 0 aromatic carbocycles. The number of rotatable bonds is 5. The number of hydrogen-bond acceptors (Lipinski definition) is 4. The highest BCUT2D eigenvalue weighted by Crippen LogP contribution is 2.07. The van der Waals surface area contributed by atoms with E-state index in [9.17, 15) is 4.79 Å². The molecular weight excluding hydrogens is 218 g/mol. The first-order valence-corrected chi connectivity index (χ1v) is 5.42. The number of esters is 1. The molecule has 0 amide bonds. The average Bonchev–Trinajstić information content (AvgIpc) is 2.76. The number of ether oxygens (including phenoxy) is 1. The molecule has 0 aliphatic rings. The van der Waals surface area contributed by atoms with Gasteiger partial charge in [-0.15, -0.1) is 0 Å². The minimum atomic E-state index is -0.216. The van der Waals surface area contributed by atoms with Crippen molar-refractivity contribution in [2.75, 3.05) is 6.61 Å². The van der Waals surface area contributed by atoms with Crippen LogP contribution in [0.15, 0.2) is 18.6 Å². The van der Waals surface area contributed by atoms with Crippen LogP contribution in [0.1, 0.15) is 26.0 Å². The Morgan fingerprint density at radius 1 is 1.71 bits per heavy atom. The molecule has 0 aliphatic carbocycles. The Hall–Kier alpha value is -2.09. The Labute approximate surface area is 100 Å². The maximum atomic E-state index is 11.1. The van der Waals surface area contributed by atoms with Gasteiger partial charge in [-0.05, 0) is 13.8 Å². The van der Waals surface area contributed by atoms with Crippen LogP contribution in [0.5, 0.6) is 0 Å². The molecule has 0 saturated heterocycles. The number of nitriles is 1. The molecule has 0 N–H and O–H groups in total. The van der Waals surface area contributed by atoms with E-state index in [2.05, 4.69) is 4.98 Å². The van der Waals surface area contributed by atoms with Crippen LogP contribution in [-0.4, -0.2) is 22.1 Å². The summed E-state index contributed by atoms with van der Waals surface area (Å²) in [5.74, 6) is -0.216. The van der Waals surface area contributed by atoms with Gasteiger partial charge in [0.25, 0.3) is 0 Å². The van der Waals surface area contributed by atoms with Gasteiger partial charge in [-0.1, -0.05) is 0 Å². The summed E-state index contributed by atoms with van der Waals surface area (Å²) in [7, 11) is 0. The molecule has 0 bridgehead atoms. The van der Waals surface area contributed by atoms with Crippen LogP contribution in [0.25, 0.3) is 5.70 Å². The van der Waals surface area contributed by atoms with E-state index in [1.807, 2.05) is 19.2 Å². The number of imidazole rings is 1. The summed E-state index contributed by atoms with van der Waals surface area (Å²) in [6, 6.07) is 1.96. The molecule has 0 fully saturated rings. The van der Waals surface area contributed by atoms with E-state index in [1.165, 1.54) is 6.08 Å². The van der Waals surface area contributed by atoms with Crippen molar-refractivity contribution >= 4 is 11.7 Å². The van der Waals surface area contributed by atoms with Crippen molar-refractivity contribution in [3.63, 3.8) is 0 Å². The van der Waals surface area contributed by atoms with Crippen molar-refractivity contribution in [3.8, 4) is 6.07 Å². The Bertz CT molecular complexity index is 455. The number of allylic oxidation sites excluding steroid dienone is 2. The number of aryl methyl sites for hydroxylation is 1. The zero-order valence-corrected chi connectivity index (χ0v) is 10.0. The third-order valence-corrected chi connectivity index (χ3v) is 2.21. The first-order valence-electron chi connectivity index (χ1n) is 5.42. The molecule has 0 radical (unpaired) electrons. The Morgan fingerprint density at radius 2 is 2.47 bits per heavy atom. The van der Waals surface area contributed by atoms with E-state index in [0.717, 1.165) is 11.4 Å². The number of aromatic nitrogens is 2. The van der Waals surface area contributed by atoms with Crippen LogP contribution < -0.4 is 0 Å². The molecule has 1 aromatic heterocycles. The predicted octanol–water partition coefficient (Wildman–Crippen LogP) is 1.76. The molecule has 1 aromatic rings. The fourth-order valence-electron chi connectivity index (χ4n) is 1.32. The van der Waals surface area contributed by atoms with E-state index in [1.54, 1.807) is 17.8 Å². The molecule has 1 heterocycles. The van der Waals surface area contributed by atoms with Crippen LogP contribution in [0.4, 0.5) is 0 Å². The lowest BCUT2D eigenvalue weighted by Crippen LogP contribution is -2.05. The second-order valence-electron chi connectivity index (χ2n) is 3.49. The lowest BCUT2D eigenvalue weighted by atomic mass is 10.2. The highest BCUT2D eigenvalue weighted by atomic mass is 16.5. The zero-order chi connectivity index (χ0) is 12.7. The molecular formula is C12H15N3O2. The zero-order valence-electron chi connectivity index (χ0n) is 10.0. The van der Waals surface area contributed by atoms with E-state index in [0.29, 0.717) is 19.4 Å². The Kier molecular flexibility index (Phi) is 4.95. The fraction of sp³-hybridized carbons (Fsp3) is 0.417. The van der Waals surface area contributed by atoms with Crippen molar-refractivity contribution in [2.24, 2.45) is 0 Å². The summed E-state index contributed by atoms with van der Waals surface area (Å²) < 4.78 is 6.58. The van der Waals surface area contributed by atoms with Crippen LogP contribution in [0, 0.1) is 11.3 Å². The van der Waals surface area contributed by atoms with E-state index in [-0.39, 0.29) is 5.97 Å². The average molecular weight is 233 g/mol. The maximum absolute atomic E-state index is 11.1. The molecule has 0 spiro atoms. The van der Waals surface area contributed by atoms with E-state index < -0.39 is 0 Å². The van der Waals surface area contributed by atoms with Gasteiger partial charge in [-0.2, -0.15) is 5.26 Å². The molecule has 5 nitrogen and oxygen atoms in total. The van der Waals surface area contributed by atoms with Crippen molar-refractivity contribution in [3.05, 3.63) is 24.3 Å². The van der Waals surface area contributed by atoms with Gasteiger partial charge in [-0.3, -0.25) is 4.79 Å². The molecule has 0 aliphatic heterocycles. The topological polar surface area (TPSA) is 67.9 Å². The number of nitrogens with zero attached hydrogens (tertiary/aromatic N) is 3. The summed E-state index contributed by atoms with van der Waals surface area (Å²) in [5, 5.41) is 8.52. The molecule has 90 valence electrons. The van der Waals surface area contributed by atoms with Gasteiger partial charge >= 0.3 is 5.97 Å². The summed E-state index contributed by atoms with van der Waals surface area (Å²) >= 11 is 0. The number of carbonyl (C=O) groups is 1. The smallest absolute Gasteiger partial charge is 0.306 e. The number of hydrogen-bond donors (Lipinski definition) is 0. The second kappa shape index (κ2) is 6.48. The van der Waals surface area contributed by atoms with E-state index in [4.69, 9.17) is 10.00 Å². The third-order valence-electron chi connectivity index (χ3n) is 2.21. The predicted molar refractivity (Wildman–Crippen MR) is 62.7 cm³/mol. The lowest BCUT2D eigenvalue weighted by Gasteiger charge is -1.99. The summed E-state index contributed by atoms with van der Waals surface area (Å²) in [4.78, 5) is 15.3. The quantitative estimate of drug-likeness (QED) is 0.574. The SMILES string of the molecule is CCOC(=O)CCc1cn(/C(C)=C/C#N)cn1. The van der Waals surface area contributed by atoms with Crippen LogP contribution in [0.3, 0.4) is 0 Å². The highest BCUT2D eigenvalue weighted by molar-refractivity contribution is 5.69. The molecule has 0 unspecified atom stereocenters. The molecule has 17 heavy (non-hydrogen) atoms. The molecule has 1 rings (SSSR count). The Morgan fingerprint density at radius 3 is 3.12 bits per heavy atom. The van der Waals surface area contributed by atoms with Gasteiger partial charge in [0, 0.05) is 24.4 Å². The van der Waals surface area contributed by atoms with E-state index >= 15 is 0 Å². The van der Waals surface area contributed by atoms with Crippen LogP contribution in [0.2, 0.25) is 0 Å². The van der Waals surface area contributed by atoms with Crippen LogP contribution in [-0.2, 0) is 16.0 Å². The van der Waals surface area contributed by atoms with Crippen LogP contribution >= 0.6 is 0 Å². The third kappa shape index (κ3) is 4.11. The van der Waals surface area contributed by atoms with Crippen molar-refractivity contribution in [2.45, 2.75) is 26.7 Å². The van der Waals surface area contributed by atoms with Gasteiger partial charge in [0.15, 0.2) is 0 Å². The van der Waals surface area contributed by atoms with Crippen molar-refractivity contribution in [1.29, 1.82) is 5.26 Å². The summed E-state index contributed by atoms with van der Waals surface area (Å²) in [6.45, 7) is 4.00. The first-order chi connectivity index (χ1) is 8.17. The van der Waals surface area contributed by atoms with Crippen molar-refractivity contribution in [1.82, 2.24) is 9.55 Å². The molecule has 0 saturated carbocycles. The monoisotopic (exact) mass is 233 g/mol. The molecule has 0 atom stereocenters.